The Morgan fingerprint density at radius 2 is 1.89 bits per heavy atom. The van der Waals surface area contributed by atoms with E-state index in [-0.39, 0.29) is 0 Å². The Morgan fingerprint density at radius 1 is 1.07 bits per heavy atom. The summed E-state index contributed by atoms with van der Waals surface area (Å²) in [5.74, 6) is 0.660. The van der Waals surface area contributed by atoms with Crippen molar-refractivity contribution in [1.29, 1.82) is 0 Å². The minimum atomic E-state index is -0.405. The molecule has 0 spiro atoms. The molecular weight excluding hydrogens is 340 g/mol. The van der Waals surface area contributed by atoms with Crippen molar-refractivity contribution in [3.63, 3.8) is 0 Å². The highest BCUT2D eigenvalue weighted by molar-refractivity contribution is 5.96. The molecule has 2 aromatic carbocycles. The molecule has 0 amide bonds. The van der Waals surface area contributed by atoms with Crippen molar-refractivity contribution in [2.24, 2.45) is 0 Å². The summed E-state index contributed by atoms with van der Waals surface area (Å²) in [5, 5.41) is 6.48. The number of carbonyl (C=O) groups is 1. The van der Waals surface area contributed by atoms with Gasteiger partial charge in [-0.05, 0) is 42.7 Å². The smallest absolute Gasteiger partial charge is 0.339 e. The van der Waals surface area contributed by atoms with Crippen LogP contribution in [0.25, 0.3) is 0 Å². The number of ether oxygens (including phenoxy) is 1. The van der Waals surface area contributed by atoms with Crippen molar-refractivity contribution < 1.29 is 9.53 Å². The van der Waals surface area contributed by atoms with Crippen LogP contribution in [-0.4, -0.2) is 23.0 Å². The number of anilines is 4. The number of aromatic nitrogens is 2. The summed E-state index contributed by atoms with van der Waals surface area (Å²) in [5.41, 5.74) is 4.42. The van der Waals surface area contributed by atoms with Gasteiger partial charge in [0.25, 0.3) is 0 Å². The van der Waals surface area contributed by atoms with Crippen LogP contribution >= 0.6 is 0 Å². The molecule has 0 aliphatic heterocycles. The standard InChI is InChI=1S/C21H22N4O2/c1-4-15-9-7-8-14(2)19(15)25-21-22-13-12-18(24-21)23-17-11-6-5-10-16(17)20(26)27-3/h5-13H,4H2,1-3H3,(H2,22,23,24,25). The Morgan fingerprint density at radius 3 is 2.67 bits per heavy atom. The van der Waals surface area contributed by atoms with E-state index in [0.29, 0.717) is 23.0 Å². The lowest BCUT2D eigenvalue weighted by molar-refractivity contribution is 0.0602. The van der Waals surface area contributed by atoms with Gasteiger partial charge < -0.3 is 15.4 Å². The molecule has 27 heavy (non-hydrogen) atoms. The van der Waals surface area contributed by atoms with Crippen LogP contribution in [0.15, 0.2) is 54.7 Å². The summed E-state index contributed by atoms with van der Waals surface area (Å²) in [6.07, 6.45) is 2.58. The average molecular weight is 362 g/mol. The van der Waals surface area contributed by atoms with Crippen molar-refractivity contribution in [3.05, 3.63) is 71.4 Å². The first-order valence-corrected chi connectivity index (χ1v) is 8.75. The van der Waals surface area contributed by atoms with Gasteiger partial charge in [0.05, 0.1) is 18.4 Å². The van der Waals surface area contributed by atoms with E-state index in [1.165, 1.54) is 12.7 Å². The summed E-state index contributed by atoms with van der Waals surface area (Å²) in [6.45, 7) is 4.17. The lowest BCUT2D eigenvalue weighted by Crippen LogP contribution is -2.07. The van der Waals surface area contributed by atoms with E-state index in [9.17, 15) is 4.79 Å². The summed E-state index contributed by atoms with van der Waals surface area (Å²) in [6, 6.07) is 15.1. The van der Waals surface area contributed by atoms with Gasteiger partial charge in [-0.2, -0.15) is 4.98 Å². The highest BCUT2D eigenvalue weighted by Crippen LogP contribution is 2.25. The van der Waals surface area contributed by atoms with Gasteiger partial charge in [0.15, 0.2) is 0 Å². The number of esters is 1. The lowest BCUT2D eigenvalue weighted by atomic mass is 10.1. The van der Waals surface area contributed by atoms with E-state index in [0.717, 1.165) is 17.7 Å². The van der Waals surface area contributed by atoms with Crippen LogP contribution in [0.5, 0.6) is 0 Å². The maximum atomic E-state index is 11.9. The van der Waals surface area contributed by atoms with E-state index in [1.54, 1.807) is 30.5 Å². The number of carbonyl (C=O) groups excluding carboxylic acids is 1. The van der Waals surface area contributed by atoms with Crippen LogP contribution in [0.1, 0.15) is 28.4 Å². The molecule has 0 saturated heterocycles. The summed E-state index contributed by atoms with van der Waals surface area (Å²) in [4.78, 5) is 20.8. The molecule has 0 aliphatic carbocycles. The van der Waals surface area contributed by atoms with Gasteiger partial charge in [0.1, 0.15) is 5.82 Å². The number of hydrogen-bond acceptors (Lipinski definition) is 6. The molecule has 0 bridgehead atoms. The van der Waals surface area contributed by atoms with Crippen molar-refractivity contribution >= 4 is 29.1 Å². The third kappa shape index (κ3) is 4.23. The fourth-order valence-electron chi connectivity index (χ4n) is 2.82. The second-order valence-corrected chi connectivity index (χ2v) is 6.02. The molecule has 6 nitrogen and oxygen atoms in total. The van der Waals surface area contributed by atoms with Gasteiger partial charge in [-0.3, -0.25) is 0 Å². The third-order valence-electron chi connectivity index (χ3n) is 4.23. The SMILES string of the molecule is CCc1cccc(C)c1Nc1nccc(Nc2ccccc2C(=O)OC)n1. The Hall–Kier alpha value is -3.41. The summed E-state index contributed by atoms with van der Waals surface area (Å²) in [7, 11) is 1.36. The zero-order chi connectivity index (χ0) is 19.2. The van der Waals surface area contributed by atoms with Crippen LogP contribution in [0.2, 0.25) is 0 Å². The molecule has 0 fully saturated rings. The van der Waals surface area contributed by atoms with Crippen LogP contribution in [0.4, 0.5) is 23.1 Å². The molecule has 2 N–H and O–H groups in total. The summed E-state index contributed by atoms with van der Waals surface area (Å²) >= 11 is 0. The fourth-order valence-corrected chi connectivity index (χ4v) is 2.82. The van der Waals surface area contributed by atoms with E-state index >= 15 is 0 Å². The lowest BCUT2D eigenvalue weighted by Gasteiger charge is -2.14. The van der Waals surface area contributed by atoms with Crippen LogP contribution in [0, 0.1) is 6.92 Å². The number of rotatable bonds is 6. The second-order valence-electron chi connectivity index (χ2n) is 6.02. The van der Waals surface area contributed by atoms with Crippen LogP contribution in [-0.2, 0) is 11.2 Å². The molecule has 0 radical (unpaired) electrons. The molecule has 3 rings (SSSR count). The van der Waals surface area contributed by atoms with Gasteiger partial charge >= 0.3 is 5.97 Å². The van der Waals surface area contributed by atoms with Gasteiger partial charge in [-0.25, -0.2) is 9.78 Å². The normalized spacial score (nSPS) is 10.3. The third-order valence-corrected chi connectivity index (χ3v) is 4.23. The van der Waals surface area contributed by atoms with E-state index in [1.807, 2.05) is 12.1 Å². The van der Waals surface area contributed by atoms with Gasteiger partial charge in [-0.1, -0.05) is 37.3 Å². The number of para-hydroxylation sites is 2. The van der Waals surface area contributed by atoms with Crippen LogP contribution < -0.4 is 10.6 Å². The Bertz CT molecular complexity index is 956. The number of benzene rings is 2. The predicted molar refractivity (Wildman–Crippen MR) is 107 cm³/mol. The largest absolute Gasteiger partial charge is 0.465 e. The molecule has 1 heterocycles. The Balaban J connectivity index is 1.87. The average Bonchev–Trinajstić information content (AvgIpc) is 2.69. The molecule has 0 saturated carbocycles. The molecular formula is C21H22N4O2. The summed E-state index contributed by atoms with van der Waals surface area (Å²) < 4.78 is 4.83. The molecule has 1 aromatic heterocycles. The van der Waals surface area contributed by atoms with E-state index in [4.69, 9.17) is 4.74 Å². The topological polar surface area (TPSA) is 76.1 Å². The minimum absolute atomic E-state index is 0.405. The van der Waals surface area contributed by atoms with Crippen molar-refractivity contribution in [2.45, 2.75) is 20.3 Å². The second kappa shape index (κ2) is 8.31. The molecule has 6 heteroatoms. The maximum Gasteiger partial charge on any atom is 0.339 e. The monoisotopic (exact) mass is 362 g/mol. The number of aryl methyl sites for hydroxylation is 2. The van der Waals surface area contributed by atoms with E-state index in [2.05, 4.69) is 46.6 Å². The number of nitrogens with zero attached hydrogens (tertiary/aromatic N) is 2. The van der Waals surface area contributed by atoms with Crippen molar-refractivity contribution in [2.75, 3.05) is 17.7 Å². The van der Waals surface area contributed by atoms with Crippen LogP contribution in [0.3, 0.4) is 0 Å². The highest BCUT2D eigenvalue weighted by atomic mass is 16.5. The number of methoxy groups -OCH3 is 1. The van der Waals surface area contributed by atoms with Gasteiger partial charge in [-0.15, -0.1) is 0 Å². The van der Waals surface area contributed by atoms with Crippen molar-refractivity contribution in [1.82, 2.24) is 9.97 Å². The quantitative estimate of drug-likeness (QED) is 0.623. The highest BCUT2D eigenvalue weighted by Gasteiger charge is 2.12. The molecule has 138 valence electrons. The fraction of sp³-hybridized carbons (Fsp3) is 0.190. The Kier molecular flexibility index (Phi) is 5.66. The predicted octanol–water partition coefficient (Wildman–Crippen LogP) is 4.62. The van der Waals surface area contributed by atoms with Gasteiger partial charge in [0, 0.05) is 11.9 Å². The zero-order valence-corrected chi connectivity index (χ0v) is 15.6. The first-order valence-electron chi connectivity index (χ1n) is 8.75. The maximum absolute atomic E-state index is 11.9. The van der Waals surface area contributed by atoms with Crippen molar-refractivity contribution in [3.8, 4) is 0 Å². The number of nitrogens with one attached hydrogen (secondary N) is 2. The number of hydrogen-bond donors (Lipinski definition) is 2. The van der Waals surface area contributed by atoms with E-state index < -0.39 is 5.97 Å². The molecule has 0 atom stereocenters. The first-order chi connectivity index (χ1) is 13.1. The first kappa shape index (κ1) is 18.4. The molecule has 3 aromatic rings. The zero-order valence-electron chi connectivity index (χ0n) is 15.6. The molecule has 0 unspecified atom stereocenters. The molecule has 0 aliphatic rings. The Labute approximate surface area is 158 Å². The van der Waals surface area contributed by atoms with Gasteiger partial charge in [0.2, 0.25) is 5.95 Å². The minimum Gasteiger partial charge on any atom is -0.465 e.